The summed E-state index contributed by atoms with van der Waals surface area (Å²) in [5.41, 5.74) is 1.99. The van der Waals surface area contributed by atoms with E-state index in [1.807, 2.05) is 24.3 Å². The summed E-state index contributed by atoms with van der Waals surface area (Å²) in [6.45, 7) is 0. The van der Waals surface area contributed by atoms with E-state index < -0.39 is 5.97 Å². The number of halogens is 1. The van der Waals surface area contributed by atoms with Crippen molar-refractivity contribution in [3.63, 3.8) is 0 Å². The molecule has 2 heterocycles. The van der Waals surface area contributed by atoms with Gasteiger partial charge in [-0.15, -0.1) is 0 Å². The van der Waals surface area contributed by atoms with Crippen molar-refractivity contribution in [3.05, 3.63) is 52.9 Å². The van der Waals surface area contributed by atoms with Crippen LogP contribution in [0.15, 0.2) is 47.3 Å². The molecule has 3 rings (SSSR count). The van der Waals surface area contributed by atoms with E-state index in [2.05, 4.69) is 26.1 Å². The summed E-state index contributed by atoms with van der Waals surface area (Å²) in [6, 6.07) is 7.49. The molecule has 0 saturated heterocycles. The largest absolute Gasteiger partial charge is 0.478 e. The SMILES string of the molecule is Cn1cc(-c2nn(-c3cccc(Br)c3)cc2C(=O)O)cn1. The molecule has 1 N–H and O–H groups in total. The summed E-state index contributed by atoms with van der Waals surface area (Å²) in [5.74, 6) is -1.02. The number of aryl methyl sites for hydroxylation is 1. The number of benzene rings is 1. The molecule has 2 aromatic heterocycles. The zero-order valence-corrected chi connectivity index (χ0v) is 12.6. The van der Waals surface area contributed by atoms with Gasteiger partial charge in [-0.1, -0.05) is 22.0 Å². The number of nitrogens with zero attached hydrogens (tertiary/aromatic N) is 4. The molecule has 0 unspecified atom stereocenters. The highest BCUT2D eigenvalue weighted by atomic mass is 79.9. The van der Waals surface area contributed by atoms with Gasteiger partial charge in [0.05, 0.1) is 11.9 Å². The fourth-order valence-corrected chi connectivity index (χ4v) is 2.43. The van der Waals surface area contributed by atoms with Crippen molar-refractivity contribution in [2.75, 3.05) is 0 Å². The number of aromatic carboxylic acids is 1. The van der Waals surface area contributed by atoms with Crippen LogP contribution in [-0.2, 0) is 7.05 Å². The van der Waals surface area contributed by atoms with Crippen LogP contribution in [-0.4, -0.2) is 30.6 Å². The van der Waals surface area contributed by atoms with E-state index in [9.17, 15) is 9.90 Å². The number of hydrogen-bond donors (Lipinski definition) is 1. The van der Waals surface area contributed by atoms with Gasteiger partial charge in [0.25, 0.3) is 0 Å². The van der Waals surface area contributed by atoms with E-state index in [0.717, 1.165) is 10.2 Å². The van der Waals surface area contributed by atoms with Gasteiger partial charge in [0, 0.05) is 29.5 Å². The first kappa shape index (κ1) is 13.6. The fourth-order valence-electron chi connectivity index (χ4n) is 2.04. The van der Waals surface area contributed by atoms with Crippen molar-refractivity contribution in [2.45, 2.75) is 0 Å². The third kappa shape index (κ3) is 2.59. The molecule has 3 aromatic rings. The smallest absolute Gasteiger partial charge is 0.339 e. The van der Waals surface area contributed by atoms with Gasteiger partial charge >= 0.3 is 5.97 Å². The van der Waals surface area contributed by atoms with Crippen LogP contribution in [0.4, 0.5) is 0 Å². The third-order valence-electron chi connectivity index (χ3n) is 3.00. The first-order chi connectivity index (χ1) is 10.0. The zero-order valence-electron chi connectivity index (χ0n) is 11.1. The van der Waals surface area contributed by atoms with Crippen LogP contribution < -0.4 is 0 Å². The normalized spacial score (nSPS) is 10.8. The molecule has 0 aliphatic heterocycles. The molecular formula is C14H11BrN4O2. The molecular weight excluding hydrogens is 336 g/mol. The topological polar surface area (TPSA) is 72.9 Å². The molecule has 0 saturated carbocycles. The molecule has 1 aromatic carbocycles. The van der Waals surface area contributed by atoms with Crippen LogP contribution in [0, 0.1) is 0 Å². The maximum Gasteiger partial charge on any atom is 0.339 e. The van der Waals surface area contributed by atoms with E-state index in [0.29, 0.717) is 11.3 Å². The molecule has 0 aliphatic rings. The van der Waals surface area contributed by atoms with Gasteiger partial charge < -0.3 is 5.11 Å². The second-order valence-electron chi connectivity index (χ2n) is 4.52. The Hall–Kier alpha value is -2.41. The van der Waals surface area contributed by atoms with Crippen LogP contribution in [0.2, 0.25) is 0 Å². The predicted molar refractivity (Wildman–Crippen MR) is 80.4 cm³/mol. The molecule has 0 bridgehead atoms. The van der Waals surface area contributed by atoms with E-state index in [1.165, 1.54) is 6.20 Å². The number of aromatic nitrogens is 4. The van der Waals surface area contributed by atoms with Gasteiger partial charge in [-0.3, -0.25) is 4.68 Å². The molecule has 0 fully saturated rings. The number of rotatable bonds is 3. The highest BCUT2D eigenvalue weighted by molar-refractivity contribution is 9.10. The van der Waals surface area contributed by atoms with Gasteiger partial charge in [-0.25, -0.2) is 9.48 Å². The molecule has 0 radical (unpaired) electrons. The third-order valence-corrected chi connectivity index (χ3v) is 3.49. The lowest BCUT2D eigenvalue weighted by atomic mass is 10.1. The molecule has 6 nitrogen and oxygen atoms in total. The minimum Gasteiger partial charge on any atom is -0.478 e. The van der Waals surface area contributed by atoms with Crippen molar-refractivity contribution in [1.82, 2.24) is 19.6 Å². The second-order valence-corrected chi connectivity index (χ2v) is 5.44. The first-order valence-electron chi connectivity index (χ1n) is 6.12. The zero-order chi connectivity index (χ0) is 15.0. The number of hydrogen-bond acceptors (Lipinski definition) is 3. The maximum atomic E-state index is 11.4. The van der Waals surface area contributed by atoms with Crippen molar-refractivity contribution in [2.24, 2.45) is 7.05 Å². The first-order valence-corrected chi connectivity index (χ1v) is 6.92. The monoisotopic (exact) mass is 346 g/mol. The molecule has 0 atom stereocenters. The van der Waals surface area contributed by atoms with E-state index in [4.69, 9.17) is 0 Å². The number of carboxylic acid groups (broad SMARTS) is 1. The van der Waals surface area contributed by atoms with E-state index >= 15 is 0 Å². The lowest BCUT2D eigenvalue weighted by Gasteiger charge is -2.00. The summed E-state index contributed by atoms with van der Waals surface area (Å²) in [6.07, 6.45) is 4.84. The van der Waals surface area contributed by atoms with Crippen LogP contribution >= 0.6 is 15.9 Å². The van der Waals surface area contributed by atoms with Crippen molar-refractivity contribution in [1.29, 1.82) is 0 Å². The molecule has 106 valence electrons. The number of carboxylic acids is 1. The Morgan fingerprint density at radius 2 is 2.14 bits per heavy atom. The summed E-state index contributed by atoms with van der Waals surface area (Å²) >= 11 is 3.39. The predicted octanol–water partition coefficient (Wildman–Crippen LogP) is 2.73. The van der Waals surface area contributed by atoms with Crippen molar-refractivity contribution in [3.8, 4) is 16.9 Å². The summed E-state index contributed by atoms with van der Waals surface area (Å²) < 4.78 is 4.06. The average Bonchev–Trinajstić information content (AvgIpc) is 3.04. The van der Waals surface area contributed by atoms with Crippen LogP contribution in [0.5, 0.6) is 0 Å². The van der Waals surface area contributed by atoms with Crippen LogP contribution in [0.3, 0.4) is 0 Å². The Kier molecular flexibility index (Phi) is 3.34. The average molecular weight is 347 g/mol. The van der Waals surface area contributed by atoms with Gasteiger partial charge in [0.15, 0.2) is 0 Å². The van der Waals surface area contributed by atoms with Gasteiger partial charge in [-0.05, 0) is 18.2 Å². The van der Waals surface area contributed by atoms with Gasteiger partial charge in [0.1, 0.15) is 11.3 Å². The van der Waals surface area contributed by atoms with Gasteiger partial charge in [-0.2, -0.15) is 10.2 Å². The lowest BCUT2D eigenvalue weighted by Crippen LogP contribution is -1.96. The summed E-state index contributed by atoms with van der Waals surface area (Å²) in [4.78, 5) is 11.4. The van der Waals surface area contributed by atoms with Crippen LogP contribution in [0.1, 0.15) is 10.4 Å². The number of carbonyl (C=O) groups is 1. The van der Waals surface area contributed by atoms with E-state index in [-0.39, 0.29) is 5.56 Å². The Balaban J connectivity index is 2.15. The molecule has 0 aliphatic carbocycles. The quantitative estimate of drug-likeness (QED) is 0.791. The van der Waals surface area contributed by atoms with E-state index in [1.54, 1.807) is 28.8 Å². The van der Waals surface area contributed by atoms with Crippen molar-refractivity contribution < 1.29 is 9.90 Å². The standard InChI is InChI=1S/C14H11BrN4O2/c1-18-7-9(6-16-18)13-12(14(20)21)8-19(17-13)11-4-2-3-10(15)5-11/h2-8H,1H3,(H,20,21). The Morgan fingerprint density at radius 3 is 2.76 bits per heavy atom. The lowest BCUT2D eigenvalue weighted by molar-refractivity contribution is 0.0697. The highest BCUT2D eigenvalue weighted by Gasteiger charge is 2.18. The minimum atomic E-state index is -1.02. The Bertz CT molecular complexity index is 822. The summed E-state index contributed by atoms with van der Waals surface area (Å²) in [5, 5.41) is 17.8. The highest BCUT2D eigenvalue weighted by Crippen LogP contribution is 2.24. The molecule has 0 spiro atoms. The maximum absolute atomic E-state index is 11.4. The van der Waals surface area contributed by atoms with Crippen LogP contribution in [0.25, 0.3) is 16.9 Å². The van der Waals surface area contributed by atoms with Gasteiger partial charge in [0.2, 0.25) is 0 Å². The second kappa shape index (κ2) is 5.17. The Labute approximate surface area is 128 Å². The molecule has 21 heavy (non-hydrogen) atoms. The van der Waals surface area contributed by atoms with Crippen molar-refractivity contribution >= 4 is 21.9 Å². The summed E-state index contributed by atoms with van der Waals surface area (Å²) in [7, 11) is 1.77. The Morgan fingerprint density at radius 1 is 1.33 bits per heavy atom. The minimum absolute atomic E-state index is 0.142. The molecule has 7 heteroatoms. The fraction of sp³-hybridized carbons (Fsp3) is 0.0714. The molecule has 0 amide bonds.